The first kappa shape index (κ1) is 20.4. The van der Waals surface area contributed by atoms with Gasteiger partial charge in [-0.25, -0.2) is 13.2 Å². The highest BCUT2D eigenvalue weighted by molar-refractivity contribution is 7.89. The summed E-state index contributed by atoms with van der Waals surface area (Å²) in [6.45, 7) is 3.40. The molecule has 3 rings (SSSR count). The van der Waals surface area contributed by atoms with E-state index in [1.165, 1.54) is 28.6 Å². The van der Waals surface area contributed by atoms with Crippen molar-refractivity contribution in [2.24, 2.45) is 0 Å². The maximum absolute atomic E-state index is 12.6. The second-order valence-electron chi connectivity index (χ2n) is 6.74. The molecule has 1 heterocycles. The van der Waals surface area contributed by atoms with Gasteiger partial charge in [-0.3, -0.25) is 0 Å². The summed E-state index contributed by atoms with van der Waals surface area (Å²) in [5.41, 5.74) is 1.33. The van der Waals surface area contributed by atoms with Gasteiger partial charge in [0.15, 0.2) is 0 Å². The number of hydrogen-bond acceptors (Lipinski definition) is 5. The van der Waals surface area contributed by atoms with E-state index in [1.807, 2.05) is 31.2 Å². The van der Waals surface area contributed by atoms with Gasteiger partial charge in [0, 0.05) is 13.1 Å². The van der Waals surface area contributed by atoms with Crippen molar-refractivity contribution in [1.29, 1.82) is 0 Å². The van der Waals surface area contributed by atoms with Crippen molar-refractivity contribution in [3.63, 3.8) is 0 Å². The van der Waals surface area contributed by atoms with Crippen molar-refractivity contribution < 1.29 is 22.7 Å². The number of rotatable bonds is 7. The molecule has 1 fully saturated rings. The molecule has 0 amide bonds. The molecule has 1 aliphatic rings. The van der Waals surface area contributed by atoms with Crippen LogP contribution in [-0.4, -0.2) is 45.0 Å². The Morgan fingerprint density at radius 2 is 1.64 bits per heavy atom. The second-order valence-corrected chi connectivity index (χ2v) is 8.68. The summed E-state index contributed by atoms with van der Waals surface area (Å²) in [5, 5.41) is 0. The lowest BCUT2D eigenvalue weighted by Gasteiger charge is -2.25. The zero-order valence-electron chi connectivity index (χ0n) is 16.0. The van der Waals surface area contributed by atoms with Gasteiger partial charge in [-0.05, 0) is 55.7 Å². The van der Waals surface area contributed by atoms with Gasteiger partial charge in [-0.2, -0.15) is 4.31 Å². The summed E-state index contributed by atoms with van der Waals surface area (Å²) in [5.74, 6) is 0.251. The zero-order chi connectivity index (χ0) is 20.0. The van der Waals surface area contributed by atoms with Crippen LogP contribution in [0.3, 0.4) is 0 Å². The van der Waals surface area contributed by atoms with Gasteiger partial charge in [0.2, 0.25) is 10.0 Å². The van der Waals surface area contributed by atoms with Crippen LogP contribution >= 0.6 is 0 Å². The zero-order valence-corrected chi connectivity index (χ0v) is 16.8. The summed E-state index contributed by atoms with van der Waals surface area (Å²) in [6.07, 6.45) is 2.83. The number of ether oxygens (including phenoxy) is 2. The lowest BCUT2D eigenvalue weighted by atomic mass is 10.2. The molecular formula is C21H25NO5S. The lowest BCUT2D eigenvalue weighted by Crippen LogP contribution is -2.35. The smallest absolute Gasteiger partial charge is 0.338 e. The standard InChI is InChI=1S/C21H25NO5S/c1-17-7-3-4-8-20(17)26-15-16-27-21(23)18-9-11-19(12-10-18)28(24,25)22-13-5-2-6-14-22/h3-4,7-12H,2,5-6,13-16H2,1H3. The van der Waals surface area contributed by atoms with Crippen LogP contribution in [0, 0.1) is 6.92 Å². The van der Waals surface area contributed by atoms with E-state index in [-0.39, 0.29) is 18.1 Å². The molecule has 6 nitrogen and oxygen atoms in total. The fraction of sp³-hybridized carbons (Fsp3) is 0.381. The number of hydrogen-bond donors (Lipinski definition) is 0. The lowest BCUT2D eigenvalue weighted by molar-refractivity contribution is 0.0450. The summed E-state index contributed by atoms with van der Waals surface area (Å²) < 4.78 is 37.6. The minimum atomic E-state index is -3.50. The van der Waals surface area contributed by atoms with E-state index in [0.29, 0.717) is 18.7 Å². The fourth-order valence-corrected chi connectivity index (χ4v) is 4.62. The summed E-state index contributed by atoms with van der Waals surface area (Å²) in [7, 11) is -3.50. The van der Waals surface area contributed by atoms with Crippen LogP contribution in [0.1, 0.15) is 35.2 Å². The van der Waals surface area contributed by atoms with Crippen molar-refractivity contribution in [1.82, 2.24) is 4.31 Å². The summed E-state index contributed by atoms with van der Waals surface area (Å²) in [6, 6.07) is 13.5. The predicted molar refractivity (Wildman–Crippen MR) is 106 cm³/mol. The molecule has 150 valence electrons. The van der Waals surface area contributed by atoms with Gasteiger partial charge in [0.1, 0.15) is 19.0 Å². The van der Waals surface area contributed by atoms with E-state index in [9.17, 15) is 13.2 Å². The highest BCUT2D eigenvalue weighted by Gasteiger charge is 2.26. The van der Waals surface area contributed by atoms with Crippen molar-refractivity contribution in [2.75, 3.05) is 26.3 Å². The quantitative estimate of drug-likeness (QED) is 0.523. The molecule has 7 heteroatoms. The van der Waals surface area contributed by atoms with Crippen molar-refractivity contribution in [3.05, 3.63) is 59.7 Å². The topological polar surface area (TPSA) is 72.9 Å². The Labute approximate surface area is 166 Å². The number of para-hydroxylation sites is 1. The maximum atomic E-state index is 12.6. The van der Waals surface area contributed by atoms with Crippen LogP contribution in [0.15, 0.2) is 53.4 Å². The third kappa shape index (κ3) is 4.91. The van der Waals surface area contributed by atoms with Crippen LogP contribution < -0.4 is 4.74 Å². The number of sulfonamides is 1. The van der Waals surface area contributed by atoms with Gasteiger partial charge in [0.05, 0.1) is 10.5 Å². The normalized spacial score (nSPS) is 15.2. The van der Waals surface area contributed by atoms with E-state index < -0.39 is 16.0 Å². The number of carbonyl (C=O) groups excluding carboxylic acids is 1. The molecular weight excluding hydrogens is 378 g/mol. The van der Waals surface area contributed by atoms with Gasteiger partial charge in [-0.15, -0.1) is 0 Å². The number of nitrogens with zero attached hydrogens (tertiary/aromatic N) is 1. The molecule has 0 saturated carbocycles. The highest BCUT2D eigenvalue weighted by Crippen LogP contribution is 2.21. The van der Waals surface area contributed by atoms with Crippen molar-refractivity contribution in [2.45, 2.75) is 31.1 Å². The van der Waals surface area contributed by atoms with Crippen LogP contribution in [0.4, 0.5) is 0 Å². The van der Waals surface area contributed by atoms with Crippen LogP contribution in [0.5, 0.6) is 5.75 Å². The van der Waals surface area contributed by atoms with Gasteiger partial charge >= 0.3 is 5.97 Å². The molecule has 0 aromatic heterocycles. The molecule has 1 aliphatic heterocycles. The molecule has 0 N–H and O–H groups in total. The molecule has 2 aromatic rings. The average Bonchev–Trinajstić information content (AvgIpc) is 2.73. The van der Waals surface area contributed by atoms with Crippen LogP contribution in [-0.2, 0) is 14.8 Å². The summed E-state index contributed by atoms with van der Waals surface area (Å²) in [4.78, 5) is 12.4. The first-order valence-corrected chi connectivity index (χ1v) is 10.9. The van der Waals surface area contributed by atoms with Crippen LogP contribution in [0.2, 0.25) is 0 Å². The van der Waals surface area contributed by atoms with Gasteiger partial charge in [0.25, 0.3) is 0 Å². The molecule has 0 bridgehead atoms. The number of aryl methyl sites for hydroxylation is 1. The predicted octanol–water partition coefficient (Wildman–Crippen LogP) is 3.41. The van der Waals surface area contributed by atoms with E-state index in [2.05, 4.69) is 0 Å². The monoisotopic (exact) mass is 403 g/mol. The highest BCUT2D eigenvalue weighted by atomic mass is 32.2. The third-order valence-corrected chi connectivity index (χ3v) is 6.62. The first-order chi connectivity index (χ1) is 13.5. The Hall–Kier alpha value is -2.38. The minimum Gasteiger partial charge on any atom is -0.490 e. The molecule has 0 radical (unpaired) electrons. The third-order valence-electron chi connectivity index (χ3n) is 4.71. The maximum Gasteiger partial charge on any atom is 0.338 e. The molecule has 1 saturated heterocycles. The molecule has 2 aromatic carbocycles. The number of piperidine rings is 1. The Morgan fingerprint density at radius 1 is 0.964 bits per heavy atom. The van der Waals surface area contributed by atoms with Crippen molar-refractivity contribution >= 4 is 16.0 Å². The van der Waals surface area contributed by atoms with E-state index >= 15 is 0 Å². The fourth-order valence-electron chi connectivity index (χ4n) is 3.11. The van der Waals surface area contributed by atoms with Crippen LogP contribution in [0.25, 0.3) is 0 Å². The van der Waals surface area contributed by atoms with Crippen molar-refractivity contribution in [3.8, 4) is 5.75 Å². The van der Waals surface area contributed by atoms with Gasteiger partial charge < -0.3 is 9.47 Å². The Morgan fingerprint density at radius 3 is 2.32 bits per heavy atom. The second kappa shape index (κ2) is 9.21. The minimum absolute atomic E-state index is 0.112. The van der Waals surface area contributed by atoms with E-state index in [4.69, 9.17) is 9.47 Å². The number of esters is 1. The summed E-state index contributed by atoms with van der Waals surface area (Å²) >= 11 is 0. The molecule has 0 aliphatic carbocycles. The average molecular weight is 404 g/mol. The molecule has 0 unspecified atom stereocenters. The Bertz CT molecular complexity index is 903. The van der Waals surface area contributed by atoms with E-state index in [0.717, 1.165) is 30.6 Å². The molecule has 28 heavy (non-hydrogen) atoms. The molecule has 0 atom stereocenters. The first-order valence-electron chi connectivity index (χ1n) is 9.44. The SMILES string of the molecule is Cc1ccccc1OCCOC(=O)c1ccc(S(=O)(=O)N2CCCCC2)cc1. The number of carbonyl (C=O) groups is 1. The number of benzene rings is 2. The Balaban J connectivity index is 1.53. The largest absolute Gasteiger partial charge is 0.490 e. The molecule has 0 spiro atoms. The van der Waals surface area contributed by atoms with E-state index in [1.54, 1.807) is 0 Å². The Kier molecular flexibility index (Phi) is 6.70. The van der Waals surface area contributed by atoms with Gasteiger partial charge in [-0.1, -0.05) is 24.6 Å².